The number of halogens is 10. The SMILES string of the molecule is Fc1[c-]c(F)c(F)c(F)c1F.Fc1[c-]c(F)c(F)c(F)c1F.[Ti+2]. The molecule has 0 heterocycles. The molecule has 0 aromatic heterocycles. The van der Waals surface area contributed by atoms with Gasteiger partial charge in [-0.1, -0.05) is 0 Å². The van der Waals surface area contributed by atoms with E-state index in [2.05, 4.69) is 0 Å². The predicted octanol–water partition coefficient (Wildman–Crippen LogP) is 4.36. The van der Waals surface area contributed by atoms with E-state index in [1.165, 1.54) is 0 Å². The van der Waals surface area contributed by atoms with Crippen LogP contribution in [0.4, 0.5) is 43.9 Å². The third-order valence-corrected chi connectivity index (χ3v) is 1.98. The predicted molar refractivity (Wildman–Crippen MR) is 50.1 cm³/mol. The number of hydrogen-bond acceptors (Lipinski definition) is 0. The number of rotatable bonds is 0. The van der Waals surface area contributed by atoms with Gasteiger partial charge in [0.2, 0.25) is 0 Å². The molecule has 0 bridgehead atoms. The fourth-order valence-corrected chi connectivity index (χ4v) is 0.990. The van der Waals surface area contributed by atoms with Crippen LogP contribution in [0.15, 0.2) is 0 Å². The second-order valence-corrected chi connectivity index (χ2v) is 3.39. The van der Waals surface area contributed by atoms with Crippen LogP contribution in [0.3, 0.4) is 0 Å². The summed E-state index contributed by atoms with van der Waals surface area (Å²) >= 11 is 0. The van der Waals surface area contributed by atoms with Crippen molar-refractivity contribution >= 4 is 0 Å². The summed E-state index contributed by atoms with van der Waals surface area (Å²) in [6, 6.07) is 2.05. The van der Waals surface area contributed by atoms with Crippen LogP contribution in [0.5, 0.6) is 0 Å². The third kappa shape index (κ3) is 4.71. The maximum Gasteiger partial charge on any atom is 2.00 e. The Morgan fingerprint density at radius 1 is 0.348 bits per heavy atom. The van der Waals surface area contributed by atoms with Crippen LogP contribution in [-0.2, 0) is 21.7 Å². The van der Waals surface area contributed by atoms with Crippen molar-refractivity contribution in [2.24, 2.45) is 0 Å². The van der Waals surface area contributed by atoms with Gasteiger partial charge in [0, 0.05) is 0 Å². The molecule has 0 saturated heterocycles. The summed E-state index contributed by atoms with van der Waals surface area (Å²) in [6.07, 6.45) is 0. The van der Waals surface area contributed by atoms with Crippen molar-refractivity contribution in [3.63, 3.8) is 0 Å². The van der Waals surface area contributed by atoms with E-state index in [1.54, 1.807) is 0 Å². The molecule has 0 aliphatic carbocycles. The molecule has 122 valence electrons. The molecule has 11 heteroatoms. The smallest absolute Gasteiger partial charge is 0.278 e. The Balaban J connectivity index is 0.000000403. The molecule has 0 radical (unpaired) electrons. The summed E-state index contributed by atoms with van der Waals surface area (Å²) in [5.74, 6) is -20.1. The van der Waals surface area contributed by atoms with Gasteiger partial charge in [-0.3, -0.25) is 17.6 Å². The Kier molecular flexibility index (Phi) is 7.79. The van der Waals surface area contributed by atoms with E-state index in [0.29, 0.717) is 0 Å². The van der Waals surface area contributed by atoms with Gasteiger partial charge in [-0.25, -0.2) is 26.3 Å². The second-order valence-electron chi connectivity index (χ2n) is 3.39. The van der Waals surface area contributed by atoms with E-state index in [4.69, 9.17) is 0 Å². The molecule has 0 atom stereocenters. The van der Waals surface area contributed by atoms with Gasteiger partial charge in [-0.2, -0.15) is 0 Å². The van der Waals surface area contributed by atoms with Crippen molar-refractivity contribution in [2.75, 3.05) is 0 Å². The molecular weight excluding hydrogens is 382 g/mol. The van der Waals surface area contributed by atoms with E-state index in [9.17, 15) is 43.9 Å². The minimum atomic E-state index is -2.17. The normalized spacial score (nSPS) is 9.83. The first-order valence-corrected chi connectivity index (χ1v) is 4.89. The van der Waals surface area contributed by atoms with Crippen LogP contribution in [0.2, 0.25) is 0 Å². The van der Waals surface area contributed by atoms with Crippen molar-refractivity contribution < 1.29 is 65.6 Å². The molecule has 2 aromatic rings. The topological polar surface area (TPSA) is 0 Å². The zero-order valence-corrected chi connectivity index (χ0v) is 11.8. The van der Waals surface area contributed by atoms with Gasteiger partial charge in [-0.15, -0.1) is 12.1 Å². The monoisotopic (exact) mass is 382 g/mol. The standard InChI is InChI=1S/2C6F5.Ti/c2*7-2-1-3(8)5(10)6(11)4(2)9;/q2*-1;+2. The van der Waals surface area contributed by atoms with Crippen LogP contribution in [0.1, 0.15) is 0 Å². The van der Waals surface area contributed by atoms with Crippen LogP contribution in [-0.4, -0.2) is 0 Å². The van der Waals surface area contributed by atoms with E-state index >= 15 is 0 Å². The zero-order valence-electron chi connectivity index (χ0n) is 10.3. The quantitative estimate of drug-likeness (QED) is 0.209. The largest absolute Gasteiger partial charge is 2.00 e. The summed E-state index contributed by atoms with van der Waals surface area (Å²) < 4.78 is 120. The molecule has 0 saturated carbocycles. The molecule has 23 heavy (non-hydrogen) atoms. The Hall–Kier alpha value is -1.55. The van der Waals surface area contributed by atoms with Crippen molar-refractivity contribution in [3.05, 3.63) is 70.3 Å². The molecule has 0 nitrogen and oxygen atoms in total. The first-order valence-electron chi connectivity index (χ1n) is 4.89. The fraction of sp³-hybridized carbons (Fsp3) is 0. The summed E-state index contributed by atoms with van der Waals surface area (Å²) in [4.78, 5) is 0. The van der Waals surface area contributed by atoms with Gasteiger partial charge < -0.3 is 0 Å². The molecular formula is C12F10Ti. The van der Waals surface area contributed by atoms with E-state index in [0.717, 1.165) is 12.1 Å². The summed E-state index contributed by atoms with van der Waals surface area (Å²) in [5.41, 5.74) is 0. The van der Waals surface area contributed by atoms with Gasteiger partial charge in [-0.05, 0) is 0 Å². The maximum absolute atomic E-state index is 12.0. The Morgan fingerprint density at radius 2 is 0.522 bits per heavy atom. The number of hydrogen-bond donors (Lipinski definition) is 0. The molecule has 0 spiro atoms. The van der Waals surface area contributed by atoms with Crippen LogP contribution in [0, 0.1) is 70.3 Å². The zero-order chi connectivity index (χ0) is 17.2. The van der Waals surface area contributed by atoms with Gasteiger partial charge in [0.25, 0.3) is 0 Å². The second kappa shape index (κ2) is 8.35. The minimum Gasteiger partial charge on any atom is -0.278 e. The molecule has 2 aromatic carbocycles. The maximum atomic E-state index is 12.0. The molecule has 0 amide bonds. The summed E-state index contributed by atoms with van der Waals surface area (Å²) in [6.45, 7) is 0. The van der Waals surface area contributed by atoms with Crippen molar-refractivity contribution in [2.45, 2.75) is 0 Å². The average molecular weight is 382 g/mol. The fourth-order valence-electron chi connectivity index (χ4n) is 0.990. The summed E-state index contributed by atoms with van der Waals surface area (Å²) in [7, 11) is 0. The molecule has 0 aliphatic rings. The van der Waals surface area contributed by atoms with Gasteiger partial charge in [0.1, 0.15) is 0 Å². The molecule has 2 rings (SSSR count). The number of benzene rings is 2. The first kappa shape index (κ1) is 21.5. The van der Waals surface area contributed by atoms with Crippen LogP contribution in [0.25, 0.3) is 0 Å². The van der Waals surface area contributed by atoms with E-state index < -0.39 is 58.2 Å². The van der Waals surface area contributed by atoms with Crippen LogP contribution >= 0.6 is 0 Å². The van der Waals surface area contributed by atoms with Crippen LogP contribution < -0.4 is 0 Å². The Bertz CT molecular complexity index is 602. The minimum absolute atomic E-state index is 0. The van der Waals surface area contributed by atoms with Crippen molar-refractivity contribution in [1.82, 2.24) is 0 Å². The van der Waals surface area contributed by atoms with E-state index in [1.807, 2.05) is 0 Å². The molecule has 0 unspecified atom stereocenters. The average Bonchev–Trinajstić information content (AvgIpc) is 2.47. The molecule has 0 N–H and O–H groups in total. The Morgan fingerprint density at radius 3 is 0.696 bits per heavy atom. The summed E-state index contributed by atoms with van der Waals surface area (Å²) in [5, 5.41) is 0. The van der Waals surface area contributed by atoms with Crippen molar-refractivity contribution in [3.8, 4) is 0 Å². The molecule has 0 aliphatic heterocycles. The van der Waals surface area contributed by atoms with Gasteiger partial charge >= 0.3 is 21.7 Å². The van der Waals surface area contributed by atoms with E-state index in [-0.39, 0.29) is 21.7 Å². The van der Waals surface area contributed by atoms with Crippen molar-refractivity contribution in [1.29, 1.82) is 0 Å². The van der Waals surface area contributed by atoms with Gasteiger partial charge in [0.05, 0.1) is 58.2 Å². The molecule has 0 fully saturated rings. The Labute approximate surface area is 136 Å². The van der Waals surface area contributed by atoms with Gasteiger partial charge in [0.15, 0.2) is 0 Å². The third-order valence-electron chi connectivity index (χ3n) is 1.98. The first-order chi connectivity index (χ1) is 10.1.